The van der Waals surface area contributed by atoms with Gasteiger partial charge in [-0.25, -0.2) is 0 Å². The standard InChI is InChI=1S/C18H23N3O3S2/c1-25-13-6-7-26-17(13)16-15-11(8-19-18(15)24)20-10-4-2-3-5-12(10)21(16)14(23)9-22/h6-8,10,12,16,19-20,22,24H,2-5,9H2,1H3/t10-,12-,16+/m1/s1. The highest BCUT2D eigenvalue weighted by atomic mass is 32.2. The van der Waals surface area contributed by atoms with Gasteiger partial charge in [-0.3, -0.25) is 4.79 Å². The first-order chi connectivity index (χ1) is 12.7. The van der Waals surface area contributed by atoms with Gasteiger partial charge < -0.3 is 25.4 Å². The zero-order chi connectivity index (χ0) is 18.3. The Hall–Kier alpha value is -1.64. The van der Waals surface area contributed by atoms with Crippen molar-refractivity contribution in [1.82, 2.24) is 9.88 Å². The third-order valence-corrected chi connectivity index (χ3v) is 7.32. The van der Waals surface area contributed by atoms with Crippen LogP contribution < -0.4 is 5.32 Å². The SMILES string of the molecule is CSc1ccsc1[C@@H]1c2c(c[nH]c2O)N[C@@H]2CCCC[C@H]2N1C(=O)CO. The van der Waals surface area contributed by atoms with E-state index in [4.69, 9.17) is 0 Å². The molecule has 1 amide bonds. The number of carbonyl (C=O) groups is 1. The van der Waals surface area contributed by atoms with Crippen LogP contribution in [0.3, 0.4) is 0 Å². The van der Waals surface area contributed by atoms with E-state index in [0.29, 0.717) is 5.56 Å². The average Bonchev–Trinajstić information content (AvgIpc) is 3.23. The zero-order valence-electron chi connectivity index (χ0n) is 14.6. The summed E-state index contributed by atoms with van der Waals surface area (Å²) in [6.45, 7) is -0.528. The number of anilines is 1. The smallest absolute Gasteiger partial charge is 0.249 e. The minimum absolute atomic E-state index is 0.00277. The molecule has 4 N–H and O–H groups in total. The van der Waals surface area contributed by atoms with Crippen molar-refractivity contribution in [3.63, 3.8) is 0 Å². The van der Waals surface area contributed by atoms with Crippen LogP contribution in [0.4, 0.5) is 5.69 Å². The molecule has 1 saturated carbocycles. The van der Waals surface area contributed by atoms with Crippen LogP contribution >= 0.6 is 23.1 Å². The molecule has 1 aliphatic carbocycles. The number of aromatic amines is 1. The molecule has 2 aromatic rings. The van der Waals surface area contributed by atoms with Crippen molar-refractivity contribution in [2.75, 3.05) is 18.2 Å². The second-order valence-corrected chi connectivity index (χ2v) is 8.58. The highest BCUT2D eigenvalue weighted by Crippen LogP contribution is 2.48. The molecule has 26 heavy (non-hydrogen) atoms. The molecule has 0 radical (unpaired) electrons. The molecular weight excluding hydrogens is 370 g/mol. The molecule has 2 aromatic heterocycles. The van der Waals surface area contributed by atoms with E-state index in [9.17, 15) is 15.0 Å². The number of fused-ring (bicyclic) bond motifs is 2. The van der Waals surface area contributed by atoms with Gasteiger partial charge >= 0.3 is 0 Å². The number of nitrogens with zero attached hydrogens (tertiary/aromatic N) is 1. The first-order valence-electron chi connectivity index (χ1n) is 8.85. The number of nitrogens with one attached hydrogen (secondary N) is 2. The molecule has 3 heterocycles. The number of H-pyrrole nitrogens is 1. The second-order valence-electron chi connectivity index (χ2n) is 6.78. The maximum Gasteiger partial charge on any atom is 0.249 e. The van der Waals surface area contributed by atoms with Gasteiger partial charge in [0.25, 0.3) is 0 Å². The van der Waals surface area contributed by atoms with Gasteiger partial charge in [-0.05, 0) is 30.5 Å². The fraction of sp³-hybridized carbons (Fsp3) is 0.500. The van der Waals surface area contributed by atoms with Crippen LogP contribution in [0.15, 0.2) is 22.5 Å². The van der Waals surface area contributed by atoms with Crippen LogP contribution in [0.1, 0.15) is 42.2 Å². The maximum absolute atomic E-state index is 12.9. The largest absolute Gasteiger partial charge is 0.494 e. The van der Waals surface area contributed by atoms with Gasteiger partial charge in [0.05, 0.1) is 17.3 Å². The Morgan fingerprint density at radius 2 is 2.23 bits per heavy atom. The molecule has 0 aromatic carbocycles. The van der Waals surface area contributed by atoms with E-state index in [2.05, 4.69) is 10.3 Å². The van der Waals surface area contributed by atoms with Gasteiger partial charge in [0.1, 0.15) is 12.6 Å². The van der Waals surface area contributed by atoms with Crippen LogP contribution in [-0.2, 0) is 4.79 Å². The van der Waals surface area contributed by atoms with Crippen LogP contribution in [0.2, 0.25) is 0 Å². The number of aliphatic hydroxyl groups is 1. The molecule has 0 unspecified atom stereocenters. The monoisotopic (exact) mass is 393 g/mol. The third kappa shape index (κ3) is 2.80. The molecular formula is C18H23N3O3S2. The second kappa shape index (κ2) is 7.17. The quantitative estimate of drug-likeness (QED) is 0.602. The Balaban J connectivity index is 1.93. The van der Waals surface area contributed by atoms with E-state index in [0.717, 1.165) is 41.1 Å². The molecule has 8 heteroatoms. The van der Waals surface area contributed by atoms with Gasteiger partial charge in [-0.15, -0.1) is 23.1 Å². The number of aliphatic hydroxyl groups excluding tert-OH is 1. The number of hydrogen-bond donors (Lipinski definition) is 4. The number of amides is 1. The van der Waals surface area contributed by atoms with Crippen molar-refractivity contribution >= 4 is 34.7 Å². The van der Waals surface area contributed by atoms with E-state index in [-0.39, 0.29) is 23.9 Å². The number of carbonyl (C=O) groups excluding carboxylic acids is 1. The molecule has 140 valence electrons. The molecule has 4 rings (SSSR count). The zero-order valence-corrected chi connectivity index (χ0v) is 16.2. The van der Waals surface area contributed by atoms with Crippen LogP contribution in [0.25, 0.3) is 0 Å². The van der Waals surface area contributed by atoms with Crippen LogP contribution in [-0.4, -0.2) is 51.0 Å². The highest BCUT2D eigenvalue weighted by molar-refractivity contribution is 7.98. The molecule has 1 fully saturated rings. The summed E-state index contributed by atoms with van der Waals surface area (Å²) in [5, 5.41) is 25.8. The summed E-state index contributed by atoms with van der Waals surface area (Å²) in [6.07, 6.45) is 7.84. The first kappa shape index (κ1) is 17.8. The fourth-order valence-corrected chi connectivity index (χ4v) is 6.20. The Morgan fingerprint density at radius 1 is 1.42 bits per heavy atom. The van der Waals surface area contributed by atoms with Crippen molar-refractivity contribution in [1.29, 1.82) is 0 Å². The van der Waals surface area contributed by atoms with Crippen molar-refractivity contribution in [3.05, 3.63) is 28.1 Å². The first-order valence-corrected chi connectivity index (χ1v) is 11.0. The number of rotatable bonds is 3. The molecule has 2 aliphatic rings. The predicted molar refractivity (Wildman–Crippen MR) is 104 cm³/mol. The lowest BCUT2D eigenvalue weighted by Crippen LogP contribution is -2.51. The van der Waals surface area contributed by atoms with E-state index >= 15 is 0 Å². The van der Waals surface area contributed by atoms with E-state index in [1.807, 2.05) is 22.6 Å². The third-order valence-electron chi connectivity index (χ3n) is 5.43. The fourth-order valence-electron chi connectivity index (χ4n) is 4.31. The van der Waals surface area contributed by atoms with Gasteiger partial charge in [0.2, 0.25) is 5.91 Å². The summed E-state index contributed by atoms with van der Waals surface area (Å²) in [6, 6.07) is 1.76. The number of thioether (sulfide) groups is 1. The number of hydrogen-bond acceptors (Lipinski definition) is 6. The van der Waals surface area contributed by atoms with Crippen molar-refractivity contribution in [3.8, 4) is 5.88 Å². The molecule has 6 nitrogen and oxygen atoms in total. The van der Waals surface area contributed by atoms with Crippen molar-refractivity contribution < 1.29 is 15.0 Å². The minimum atomic E-state index is -0.528. The van der Waals surface area contributed by atoms with E-state index < -0.39 is 12.6 Å². The summed E-state index contributed by atoms with van der Waals surface area (Å²) < 4.78 is 0. The lowest BCUT2D eigenvalue weighted by Gasteiger charge is -2.41. The summed E-state index contributed by atoms with van der Waals surface area (Å²) >= 11 is 3.22. The minimum Gasteiger partial charge on any atom is -0.494 e. The molecule has 0 saturated heterocycles. The lowest BCUT2D eigenvalue weighted by molar-refractivity contribution is -0.139. The van der Waals surface area contributed by atoms with Gasteiger partial charge in [-0.1, -0.05) is 12.8 Å². The Bertz CT molecular complexity index is 803. The normalized spacial score (nSPS) is 25.2. The van der Waals surface area contributed by atoms with Crippen LogP contribution in [0.5, 0.6) is 5.88 Å². The summed E-state index contributed by atoms with van der Waals surface area (Å²) in [5.41, 5.74) is 1.54. The topological polar surface area (TPSA) is 88.6 Å². The number of thiophene rings is 1. The molecule has 3 atom stereocenters. The van der Waals surface area contributed by atoms with Crippen molar-refractivity contribution in [2.24, 2.45) is 0 Å². The van der Waals surface area contributed by atoms with Crippen LogP contribution in [0, 0.1) is 0 Å². The molecule has 0 spiro atoms. The number of aromatic nitrogens is 1. The highest BCUT2D eigenvalue weighted by Gasteiger charge is 2.44. The number of aromatic hydroxyl groups is 1. The predicted octanol–water partition coefficient (Wildman–Crippen LogP) is 3.15. The van der Waals surface area contributed by atoms with Crippen molar-refractivity contribution in [2.45, 2.75) is 48.7 Å². The lowest BCUT2D eigenvalue weighted by atomic mass is 9.88. The Morgan fingerprint density at radius 3 is 3.00 bits per heavy atom. The van der Waals surface area contributed by atoms with Gasteiger partial charge in [-0.2, -0.15) is 0 Å². The van der Waals surface area contributed by atoms with Gasteiger partial charge in [0, 0.05) is 22.0 Å². The summed E-state index contributed by atoms with van der Waals surface area (Å²) in [5.74, 6) is -0.213. The van der Waals surface area contributed by atoms with Gasteiger partial charge in [0.15, 0.2) is 5.88 Å². The van der Waals surface area contributed by atoms with E-state index in [1.165, 1.54) is 0 Å². The molecule has 1 aliphatic heterocycles. The maximum atomic E-state index is 12.9. The summed E-state index contributed by atoms with van der Waals surface area (Å²) in [7, 11) is 0. The average molecular weight is 394 g/mol. The molecule has 0 bridgehead atoms. The summed E-state index contributed by atoms with van der Waals surface area (Å²) in [4.78, 5) is 19.7. The Kier molecular flexibility index (Phi) is 4.90. The Labute approximate surface area is 160 Å². The van der Waals surface area contributed by atoms with E-state index in [1.54, 1.807) is 29.3 Å².